The number of halogens is 1. The highest BCUT2D eigenvalue weighted by Gasteiger charge is 2.26. The van der Waals surface area contributed by atoms with Gasteiger partial charge in [0, 0.05) is 18.7 Å². The summed E-state index contributed by atoms with van der Waals surface area (Å²) in [5.41, 5.74) is 2.24. The summed E-state index contributed by atoms with van der Waals surface area (Å²) in [6.45, 7) is 2.07. The van der Waals surface area contributed by atoms with Crippen LogP contribution < -0.4 is 19.5 Å². The Kier molecular flexibility index (Phi) is 9.27. The normalized spacial score (nSPS) is 11.4. The largest absolute Gasteiger partial charge is 0.496 e. The van der Waals surface area contributed by atoms with E-state index >= 15 is 0 Å². The Morgan fingerprint density at radius 1 is 0.861 bits per heavy atom. The summed E-state index contributed by atoms with van der Waals surface area (Å²) in [7, 11) is 4.64. The van der Waals surface area contributed by atoms with Crippen molar-refractivity contribution in [2.75, 3.05) is 21.3 Å². The van der Waals surface area contributed by atoms with E-state index in [0.29, 0.717) is 28.4 Å². The van der Waals surface area contributed by atoms with Gasteiger partial charge in [-0.2, -0.15) is 0 Å². The fourth-order valence-corrected chi connectivity index (χ4v) is 3.81. The van der Waals surface area contributed by atoms with Crippen molar-refractivity contribution in [3.63, 3.8) is 0 Å². The second-order valence-electron chi connectivity index (χ2n) is 8.22. The number of hydrogen-bond acceptors (Lipinski definition) is 5. The number of benzene rings is 3. The molecule has 0 unspecified atom stereocenters. The number of ether oxygens (including phenoxy) is 3. The first-order valence-electron chi connectivity index (χ1n) is 11.5. The number of methoxy groups -OCH3 is 3. The van der Waals surface area contributed by atoms with Crippen molar-refractivity contribution in [2.45, 2.75) is 32.5 Å². The molecule has 0 heterocycles. The Balaban J connectivity index is 1.79. The topological polar surface area (TPSA) is 77.1 Å². The summed E-state index contributed by atoms with van der Waals surface area (Å²) in [6.07, 6.45) is 0.0473. The van der Waals surface area contributed by atoms with Crippen LogP contribution in [0.1, 0.15) is 23.6 Å². The molecule has 3 aromatic rings. The SMILES string of the molecule is COc1ccccc1CNC(=O)[C@H](C)N(Cc1ccc(F)cc1)C(=O)Cc1ccc(OC)c(OC)c1. The van der Waals surface area contributed by atoms with Gasteiger partial charge >= 0.3 is 0 Å². The maximum Gasteiger partial charge on any atom is 0.242 e. The highest BCUT2D eigenvalue weighted by Crippen LogP contribution is 2.28. The molecule has 3 aromatic carbocycles. The zero-order valence-corrected chi connectivity index (χ0v) is 20.9. The molecule has 0 fully saturated rings. The quantitative estimate of drug-likeness (QED) is 0.434. The number of nitrogens with zero attached hydrogens (tertiary/aromatic N) is 1. The molecular weight excluding hydrogens is 463 g/mol. The van der Waals surface area contributed by atoms with E-state index in [2.05, 4.69) is 5.32 Å². The minimum Gasteiger partial charge on any atom is -0.496 e. The van der Waals surface area contributed by atoms with Crippen LogP contribution in [0, 0.1) is 5.82 Å². The number of para-hydroxylation sites is 1. The van der Waals surface area contributed by atoms with Gasteiger partial charge in [-0.15, -0.1) is 0 Å². The van der Waals surface area contributed by atoms with E-state index in [4.69, 9.17) is 14.2 Å². The summed E-state index contributed by atoms with van der Waals surface area (Å²) in [5, 5.41) is 2.89. The highest BCUT2D eigenvalue weighted by molar-refractivity contribution is 5.88. The monoisotopic (exact) mass is 494 g/mol. The number of nitrogens with one attached hydrogen (secondary N) is 1. The zero-order chi connectivity index (χ0) is 26.1. The summed E-state index contributed by atoms with van der Waals surface area (Å²) < 4.78 is 29.4. The fourth-order valence-electron chi connectivity index (χ4n) is 3.81. The lowest BCUT2D eigenvalue weighted by Gasteiger charge is -2.29. The number of hydrogen-bond donors (Lipinski definition) is 1. The van der Waals surface area contributed by atoms with Gasteiger partial charge in [0.15, 0.2) is 11.5 Å². The molecule has 1 N–H and O–H groups in total. The first-order chi connectivity index (χ1) is 17.4. The molecule has 7 nitrogen and oxygen atoms in total. The van der Waals surface area contributed by atoms with Crippen LogP contribution in [-0.2, 0) is 29.1 Å². The van der Waals surface area contributed by atoms with Gasteiger partial charge in [-0.3, -0.25) is 9.59 Å². The maximum atomic E-state index is 13.4. The van der Waals surface area contributed by atoms with Gasteiger partial charge in [0.05, 0.1) is 27.8 Å². The average molecular weight is 495 g/mol. The van der Waals surface area contributed by atoms with Crippen molar-refractivity contribution < 1.29 is 28.2 Å². The first kappa shape index (κ1) is 26.5. The van der Waals surface area contributed by atoms with E-state index < -0.39 is 6.04 Å². The van der Waals surface area contributed by atoms with E-state index in [1.165, 1.54) is 24.1 Å². The minimum absolute atomic E-state index is 0.0473. The molecule has 0 saturated carbocycles. The molecule has 0 aromatic heterocycles. The lowest BCUT2D eigenvalue weighted by Crippen LogP contribution is -2.48. The predicted molar refractivity (Wildman–Crippen MR) is 135 cm³/mol. The average Bonchev–Trinajstić information content (AvgIpc) is 2.90. The van der Waals surface area contributed by atoms with E-state index in [0.717, 1.165) is 5.56 Å². The molecule has 0 bridgehead atoms. The van der Waals surface area contributed by atoms with Crippen molar-refractivity contribution in [2.24, 2.45) is 0 Å². The van der Waals surface area contributed by atoms with Gasteiger partial charge in [-0.1, -0.05) is 36.4 Å². The van der Waals surface area contributed by atoms with Crippen LogP contribution in [0.2, 0.25) is 0 Å². The number of amides is 2. The zero-order valence-electron chi connectivity index (χ0n) is 20.9. The number of carbonyl (C=O) groups is 2. The molecule has 0 aliphatic rings. The van der Waals surface area contributed by atoms with Crippen LogP contribution in [-0.4, -0.2) is 44.1 Å². The lowest BCUT2D eigenvalue weighted by molar-refractivity contribution is -0.140. The summed E-state index contributed by atoms with van der Waals surface area (Å²) >= 11 is 0. The third-order valence-corrected chi connectivity index (χ3v) is 5.88. The minimum atomic E-state index is -0.780. The Morgan fingerprint density at radius 2 is 1.50 bits per heavy atom. The van der Waals surface area contributed by atoms with Crippen LogP contribution in [0.4, 0.5) is 4.39 Å². The fraction of sp³-hybridized carbons (Fsp3) is 0.286. The molecule has 0 spiro atoms. The molecule has 3 rings (SSSR count). The van der Waals surface area contributed by atoms with Crippen LogP contribution in [0.5, 0.6) is 17.2 Å². The smallest absolute Gasteiger partial charge is 0.242 e. The van der Waals surface area contributed by atoms with Gasteiger partial charge in [-0.05, 0) is 48.4 Å². The Bertz CT molecular complexity index is 1180. The Labute approximate surface area is 210 Å². The Hall–Kier alpha value is -4.07. The molecule has 1 atom stereocenters. The molecule has 2 amide bonds. The van der Waals surface area contributed by atoms with E-state index in [9.17, 15) is 14.0 Å². The van der Waals surface area contributed by atoms with Gasteiger partial charge in [0.1, 0.15) is 17.6 Å². The molecule has 8 heteroatoms. The molecule has 190 valence electrons. The van der Waals surface area contributed by atoms with Gasteiger partial charge in [0.2, 0.25) is 11.8 Å². The second kappa shape index (κ2) is 12.6. The van der Waals surface area contributed by atoms with Crippen LogP contribution in [0.15, 0.2) is 66.7 Å². The lowest BCUT2D eigenvalue weighted by atomic mass is 10.1. The van der Waals surface area contributed by atoms with Gasteiger partial charge < -0.3 is 24.4 Å². The summed E-state index contributed by atoms with van der Waals surface area (Å²) in [4.78, 5) is 28.0. The van der Waals surface area contributed by atoms with Crippen molar-refractivity contribution in [1.82, 2.24) is 10.2 Å². The first-order valence-corrected chi connectivity index (χ1v) is 11.5. The van der Waals surface area contributed by atoms with Gasteiger partial charge in [0.25, 0.3) is 0 Å². The van der Waals surface area contributed by atoms with Gasteiger partial charge in [-0.25, -0.2) is 4.39 Å². The third-order valence-electron chi connectivity index (χ3n) is 5.88. The van der Waals surface area contributed by atoms with Crippen LogP contribution in [0.25, 0.3) is 0 Å². The van der Waals surface area contributed by atoms with Crippen molar-refractivity contribution in [3.05, 3.63) is 89.2 Å². The van der Waals surface area contributed by atoms with Crippen molar-refractivity contribution in [1.29, 1.82) is 0 Å². The molecule has 0 aliphatic carbocycles. The van der Waals surface area contributed by atoms with E-state index in [-0.39, 0.29) is 37.1 Å². The van der Waals surface area contributed by atoms with Crippen LogP contribution >= 0.6 is 0 Å². The molecule has 0 radical (unpaired) electrons. The van der Waals surface area contributed by atoms with E-state index in [1.54, 1.807) is 51.5 Å². The molecule has 0 aliphatic heterocycles. The molecular formula is C28H31FN2O5. The second-order valence-corrected chi connectivity index (χ2v) is 8.22. The predicted octanol–water partition coefficient (Wildman–Crippen LogP) is 4.13. The standard InChI is InChI=1S/C28H31FN2O5/c1-19(28(33)30-17-22-7-5-6-8-24(22)34-2)31(18-20-9-12-23(29)13-10-20)27(32)16-21-11-14-25(35-3)26(15-21)36-4/h5-15,19H,16-18H2,1-4H3,(H,30,33)/t19-/m0/s1. The molecule has 36 heavy (non-hydrogen) atoms. The maximum absolute atomic E-state index is 13.4. The Morgan fingerprint density at radius 3 is 2.17 bits per heavy atom. The van der Waals surface area contributed by atoms with Crippen molar-refractivity contribution in [3.8, 4) is 17.2 Å². The number of rotatable bonds is 11. The molecule has 0 saturated heterocycles. The van der Waals surface area contributed by atoms with Crippen LogP contribution in [0.3, 0.4) is 0 Å². The summed E-state index contributed by atoms with van der Waals surface area (Å²) in [5.74, 6) is 0.786. The summed E-state index contributed by atoms with van der Waals surface area (Å²) in [6, 6.07) is 17.7. The number of carbonyl (C=O) groups excluding carboxylic acids is 2. The van der Waals surface area contributed by atoms with E-state index in [1.807, 2.05) is 24.3 Å². The third kappa shape index (κ3) is 6.75. The highest BCUT2D eigenvalue weighted by atomic mass is 19.1. The van der Waals surface area contributed by atoms with Crippen molar-refractivity contribution >= 4 is 11.8 Å².